The first-order valence-electron chi connectivity index (χ1n) is 8.68. The van der Waals surface area contributed by atoms with Crippen LogP contribution >= 0.6 is 0 Å². The number of carbonyl (C=O) groups is 1. The molecular formula is C17H28N4O3S. The molecule has 2 heterocycles. The molecule has 0 spiro atoms. The molecule has 8 heteroatoms. The third-order valence-corrected chi connectivity index (χ3v) is 6.77. The van der Waals surface area contributed by atoms with Gasteiger partial charge in [-0.2, -0.15) is 4.31 Å². The first-order valence-corrected chi connectivity index (χ1v) is 10.1. The van der Waals surface area contributed by atoms with Gasteiger partial charge in [0.25, 0.3) is 0 Å². The zero-order valence-corrected chi connectivity index (χ0v) is 16.2. The molecule has 25 heavy (non-hydrogen) atoms. The molecule has 1 amide bonds. The molecule has 1 aromatic rings. The Labute approximate surface area is 150 Å². The highest BCUT2D eigenvalue weighted by atomic mass is 32.2. The minimum Gasteiger partial charge on any atom is -0.369 e. The van der Waals surface area contributed by atoms with Gasteiger partial charge >= 0.3 is 0 Å². The van der Waals surface area contributed by atoms with Gasteiger partial charge in [-0.15, -0.1) is 0 Å². The fourth-order valence-electron chi connectivity index (χ4n) is 3.38. The van der Waals surface area contributed by atoms with Crippen LogP contribution in [0, 0.1) is 5.92 Å². The normalized spacial score (nSPS) is 16.8. The quantitative estimate of drug-likeness (QED) is 0.822. The van der Waals surface area contributed by atoms with E-state index in [4.69, 9.17) is 5.73 Å². The van der Waals surface area contributed by atoms with Crippen LogP contribution in [0.2, 0.25) is 0 Å². The third-order valence-electron chi connectivity index (χ3n) is 4.54. The number of rotatable bonds is 6. The van der Waals surface area contributed by atoms with Crippen LogP contribution in [-0.4, -0.2) is 48.8 Å². The number of nitrogens with two attached hydrogens (primary N) is 1. The van der Waals surface area contributed by atoms with Crippen molar-refractivity contribution in [2.75, 3.05) is 18.0 Å². The van der Waals surface area contributed by atoms with Gasteiger partial charge in [-0.05, 0) is 52.7 Å². The Balaban J connectivity index is 2.16. The number of primary amides is 1. The van der Waals surface area contributed by atoms with Crippen LogP contribution in [0.1, 0.15) is 40.5 Å². The van der Waals surface area contributed by atoms with Crippen molar-refractivity contribution < 1.29 is 13.2 Å². The number of carbonyl (C=O) groups excluding carboxylic acids is 1. The van der Waals surface area contributed by atoms with E-state index in [0.717, 1.165) is 5.82 Å². The number of nitrogens with zero attached hydrogens (tertiary/aromatic N) is 3. The molecule has 0 unspecified atom stereocenters. The molecule has 7 nitrogen and oxygen atoms in total. The fourth-order valence-corrected chi connectivity index (χ4v) is 5.16. The predicted octanol–water partition coefficient (Wildman–Crippen LogP) is 1.59. The number of sulfonamides is 1. The van der Waals surface area contributed by atoms with E-state index in [1.54, 1.807) is 12.1 Å². The van der Waals surface area contributed by atoms with E-state index in [9.17, 15) is 13.2 Å². The summed E-state index contributed by atoms with van der Waals surface area (Å²) >= 11 is 0. The van der Waals surface area contributed by atoms with Crippen LogP contribution in [0.5, 0.6) is 0 Å². The van der Waals surface area contributed by atoms with Gasteiger partial charge in [0.1, 0.15) is 10.7 Å². The van der Waals surface area contributed by atoms with Gasteiger partial charge in [-0.3, -0.25) is 4.79 Å². The highest BCUT2D eigenvalue weighted by Crippen LogP contribution is 2.25. The molecule has 140 valence electrons. The topological polar surface area (TPSA) is 96.6 Å². The highest BCUT2D eigenvalue weighted by Gasteiger charge is 2.30. The first kappa shape index (κ1) is 19.7. The Bertz CT molecular complexity index is 685. The van der Waals surface area contributed by atoms with E-state index in [1.807, 2.05) is 27.7 Å². The van der Waals surface area contributed by atoms with Crippen LogP contribution in [0.3, 0.4) is 0 Å². The minimum atomic E-state index is -3.58. The average molecular weight is 369 g/mol. The van der Waals surface area contributed by atoms with E-state index in [0.29, 0.717) is 25.9 Å². The summed E-state index contributed by atoms with van der Waals surface area (Å²) in [6.07, 6.45) is 2.82. The standard InChI is InChI=1S/C17H28N4O3S/c1-12(2)21(13(3)4)25(23,24)15-5-6-16(19-11-15)20-9-7-14(8-10-20)17(18)22/h5-6,11-14H,7-10H2,1-4H3,(H2,18,22). The van der Waals surface area contributed by atoms with Gasteiger partial charge in [-0.25, -0.2) is 13.4 Å². The van der Waals surface area contributed by atoms with Crippen molar-refractivity contribution >= 4 is 21.7 Å². The summed E-state index contributed by atoms with van der Waals surface area (Å²) < 4.78 is 27.2. The Kier molecular flexibility index (Phi) is 6.05. The zero-order chi connectivity index (χ0) is 18.8. The lowest BCUT2D eigenvalue weighted by Crippen LogP contribution is -2.42. The maximum atomic E-state index is 12.8. The number of amides is 1. The molecule has 1 saturated heterocycles. The molecule has 1 aliphatic rings. The Morgan fingerprint density at radius 1 is 1.20 bits per heavy atom. The molecule has 2 N–H and O–H groups in total. The van der Waals surface area contributed by atoms with E-state index < -0.39 is 10.0 Å². The number of hydrogen-bond acceptors (Lipinski definition) is 5. The van der Waals surface area contributed by atoms with Crippen LogP contribution in [0.4, 0.5) is 5.82 Å². The second kappa shape index (κ2) is 7.70. The highest BCUT2D eigenvalue weighted by molar-refractivity contribution is 7.89. The lowest BCUT2D eigenvalue weighted by atomic mass is 9.96. The lowest BCUT2D eigenvalue weighted by molar-refractivity contribution is -0.122. The average Bonchev–Trinajstić information content (AvgIpc) is 2.54. The minimum absolute atomic E-state index is 0.0819. The molecule has 2 rings (SSSR count). The number of pyridine rings is 1. The smallest absolute Gasteiger partial charge is 0.245 e. The molecule has 0 bridgehead atoms. The molecular weight excluding hydrogens is 340 g/mol. The monoisotopic (exact) mass is 368 g/mol. The van der Waals surface area contributed by atoms with Gasteiger partial charge in [0.2, 0.25) is 15.9 Å². The molecule has 0 atom stereocenters. The molecule has 0 aromatic carbocycles. The van der Waals surface area contributed by atoms with E-state index in [2.05, 4.69) is 9.88 Å². The van der Waals surface area contributed by atoms with Crippen molar-refractivity contribution in [3.63, 3.8) is 0 Å². The first-order chi connectivity index (χ1) is 11.6. The van der Waals surface area contributed by atoms with E-state index >= 15 is 0 Å². The fraction of sp³-hybridized carbons (Fsp3) is 0.647. The maximum absolute atomic E-state index is 12.8. The molecule has 1 aliphatic heterocycles. The van der Waals surface area contributed by atoms with Crippen molar-refractivity contribution in [3.05, 3.63) is 18.3 Å². The molecule has 0 aliphatic carbocycles. The maximum Gasteiger partial charge on any atom is 0.245 e. The number of piperidine rings is 1. The number of aromatic nitrogens is 1. The Morgan fingerprint density at radius 2 is 1.76 bits per heavy atom. The number of hydrogen-bond donors (Lipinski definition) is 1. The summed E-state index contributed by atoms with van der Waals surface area (Å²) in [5.41, 5.74) is 5.35. The van der Waals surface area contributed by atoms with Gasteiger partial charge in [0.05, 0.1) is 0 Å². The number of anilines is 1. The van der Waals surface area contributed by atoms with E-state index in [1.165, 1.54) is 10.5 Å². The van der Waals surface area contributed by atoms with Crippen molar-refractivity contribution in [1.29, 1.82) is 0 Å². The predicted molar refractivity (Wildman–Crippen MR) is 97.7 cm³/mol. The summed E-state index contributed by atoms with van der Waals surface area (Å²) in [5.74, 6) is 0.389. The summed E-state index contributed by atoms with van der Waals surface area (Å²) in [6, 6.07) is 3.08. The van der Waals surface area contributed by atoms with Gasteiger partial charge in [0, 0.05) is 37.3 Å². The van der Waals surface area contributed by atoms with Crippen LogP contribution in [-0.2, 0) is 14.8 Å². The summed E-state index contributed by atoms with van der Waals surface area (Å²) in [4.78, 5) is 17.8. The summed E-state index contributed by atoms with van der Waals surface area (Å²) in [7, 11) is -3.58. The van der Waals surface area contributed by atoms with Crippen LogP contribution in [0.15, 0.2) is 23.2 Å². The second-order valence-corrected chi connectivity index (χ2v) is 8.88. The summed E-state index contributed by atoms with van der Waals surface area (Å²) in [5, 5.41) is 0. The Hall–Kier alpha value is -1.67. The SMILES string of the molecule is CC(C)N(C(C)C)S(=O)(=O)c1ccc(N2CCC(C(N)=O)CC2)nc1. The van der Waals surface area contributed by atoms with Gasteiger partial charge < -0.3 is 10.6 Å². The van der Waals surface area contributed by atoms with Crippen LogP contribution < -0.4 is 10.6 Å². The summed E-state index contributed by atoms with van der Waals surface area (Å²) in [6.45, 7) is 8.84. The van der Waals surface area contributed by atoms with Crippen molar-refractivity contribution in [3.8, 4) is 0 Å². The van der Waals surface area contributed by atoms with E-state index in [-0.39, 0.29) is 28.8 Å². The largest absolute Gasteiger partial charge is 0.369 e. The second-order valence-electron chi connectivity index (χ2n) is 7.04. The van der Waals surface area contributed by atoms with Gasteiger partial charge in [-0.1, -0.05) is 0 Å². The molecule has 1 fully saturated rings. The van der Waals surface area contributed by atoms with Gasteiger partial charge in [0.15, 0.2) is 0 Å². The zero-order valence-electron chi connectivity index (χ0n) is 15.3. The van der Waals surface area contributed by atoms with Crippen molar-refractivity contribution in [2.45, 2.75) is 57.5 Å². The molecule has 0 saturated carbocycles. The molecule has 1 aromatic heterocycles. The van der Waals surface area contributed by atoms with Crippen LogP contribution in [0.25, 0.3) is 0 Å². The lowest BCUT2D eigenvalue weighted by Gasteiger charge is -2.32. The molecule has 0 radical (unpaired) electrons. The van der Waals surface area contributed by atoms with Crippen molar-refractivity contribution in [2.24, 2.45) is 11.7 Å². The van der Waals surface area contributed by atoms with Crippen molar-refractivity contribution in [1.82, 2.24) is 9.29 Å². The Morgan fingerprint density at radius 3 is 2.16 bits per heavy atom. The third kappa shape index (κ3) is 4.30.